The van der Waals surface area contributed by atoms with Crippen molar-refractivity contribution in [3.63, 3.8) is 0 Å². The van der Waals surface area contributed by atoms with Crippen molar-refractivity contribution < 1.29 is 4.79 Å². The number of hydrogen-bond donors (Lipinski definition) is 1. The summed E-state index contributed by atoms with van der Waals surface area (Å²) in [5.74, 6) is 0.397. The SMILES string of the molecule is O=C(CSc1nnc2c(n1)[nH]c1ccccc12)c1cccs1. The van der Waals surface area contributed by atoms with E-state index in [-0.39, 0.29) is 5.78 Å². The van der Waals surface area contributed by atoms with E-state index in [1.54, 1.807) is 0 Å². The van der Waals surface area contributed by atoms with Gasteiger partial charge in [0.1, 0.15) is 5.52 Å². The number of hydrogen-bond acceptors (Lipinski definition) is 6. The molecule has 0 fully saturated rings. The molecular weight excluding hydrogens is 316 g/mol. The molecule has 3 heterocycles. The minimum Gasteiger partial charge on any atom is -0.338 e. The van der Waals surface area contributed by atoms with E-state index in [2.05, 4.69) is 20.2 Å². The van der Waals surface area contributed by atoms with Gasteiger partial charge in [0.25, 0.3) is 0 Å². The highest BCUT2D eigenvalue weighted by Crippen LogP contribution is 2.23. The molecule has 5 nitrogen and oxygen atoms in total. The van der Waals surface area contributed by atoms with Gasteiger partial charge in [-0.3, -0.25) is 4.79 Å². The summed E-state index contributed by atoms with van der Waals surface area (Å²) in [6.45, 7) is 0. The molecule has 4 aromatic rings. The lowest BCUT2D eigenvalue weighted by Crippen LogP contribution is -2.01. The summed E-state index contributed by atoms with van der Waals surface area (Å²) >= 11 is 2.75. The molecule has 0 saturated heterocycles. The maximum Gasteiger partial charge on any atom is 0.211 e. The zero-order valence-corrected chi connectivity index (χ0v) is 12.9. The molecule has 0 aliphatic carbocycles. The molecular formula is C15H10N4OS2. The Bertz CT molecular complexity index is 962. The number of thioether (sulfide) groups is 1. The first-order valence-electron chi connectivity index (χ1n) is 6.62. The molecule has 0 radical (unpaired) electrons. The van der Waals surface area contributed by atoms with Crippen LogP contribution in [0.3, 0.4) is 0 Å². The number of nitrogens with one attached hydrogen (secondary N) is 1. The molecule has 1 N–H and O–H groups in total. The molecule has 0 saturated carbocycles. The van der Waals surface area contributed by atoms with Crippen molar-refractivity contribution in [1.29, 1.82) is 0 Å². The zero-order valence-electron chi connectivity index (χ0n) is 11.3. The second-order valence-corrected chi connectivity index (χ2v) is 6.54. The van der Waals surface area contributed by atoms with Gasteiger partial charge in [-0.1, -0.05) is 36.0 Å². The van der Waals surface area contributed by atoms with Crippen molar-refractivity contribution >= 4 is 50.9 Å². The van der Waals surface area contributed by atoms with Gasteiger partial charge in [-0.2, -0.15) is 0 Å². The van der Waals surface area contributed by atoms with Crippen LogP contribution in [0.4, 0.5) is 0 Å². The van der Waals surface area contributed by atoms with Gasteiger partial charge in [0.15, 0.2) is 11.4 Å². The van der Waals surface area contributed by atoms with E-state index in [0.29, 0.717) is 16.6 Å². The highest BCUT2D eigenvalue weighted by Gasteiger charge is 2.12. The fraction of sp³-hybridized carbons (Fsp3) is 0.0667. The van der Waals surface area contributed by atoms with Crippen LogP contribution < -0.4 is 0 Å². The van der Waals surface area contributed by atoms with Crippen molar-refractivity contribution in [3.8, 4) is 0 Å². The Hall–Kier alpha value is -2.25. The summed E-state index contributed by atoms with van der Waals surface area (Å²) in [4.78, 5) is 20.4. The van der Waals surface area contributed by atoms with E-state index < -0.39 is 0 Å². The Morgan fingerprint density at radius 3 is 2.95 bits per heavy atom. The highest BCUT2D eigenvalue weighted by molar-refractivity contribution is 7.99. The number of aromatic nitrogens is 4. The number of carbonyl (C=O) groups is 1. The second-order valence-electron chi connectivity index (χ2n) is 4.65. The van der Waals surface area contributed by atoms with Crippen LogP contribution in [0.5, 0.6) is 0 Å². The normalized spacial score (nSPS) is 11.3. The first kappa shape index (κ1) is 13.4. The van der Waals surface area contributed by atoms with Gasteiger partial charge in [0, 0.05) is 10.9 Å². The first-order chi connectivity index (χ1) is 10.8. The smallest absolute Gasteiger partial charge is 0.211 e. The van der Waals surface area contributed by atoms with Crippen LogP contribution >= 0.6 is 23.1 Å². The van der Waals surface area contributed by atoms with Crippen LogP contribution in [0.25, 0.3) is 22.1 Å². The number of benzene rings is 1. The Morgan fingerprint density at radius 1 is 1.18 bits per heavy atom. The fourth-order valence-electron chi connectivity index (χ4n) is 2.21. The van der Waals surface area contributed by atoms with Gasteiger partial charge in [-0.25, -0.2) is 4.98 Å². The molecule has 0 bridgehead atoms. The van der Waals surface area contributed by atoms with Crippen molar-refractivity contribution in [1.82, 2.24) is 20.2 Å². The fourth-order valence-corrected chi connectivity index (χ4v) is 3.63. The minimum atomic E-state index is 0.0837. The summed E-state index contributed by atoms with van der Waals surface area (Å²) in [5, 5.41) is 11.8. The number of rotatable bonds is 4. The second kappa shape index (κ2) is 5.51. The summed E-state index contributed by atoms with van der Waals surface area (Å²) in [7, 11) is 0. The maximum atomic E-state index is 12.0. The predicted octanol–water partition coefficient (Wildman–Crippen LogP) is 3.54. The molecule has 7 heteroatoms. The van der Waals surface area contributed by atoms with Crippen LogP contribution in [-0.4, -0.2) is 31.7 Å². The summed E-state index contributed by atoms with van der Waals surface area (Å²) in [5.41, 5.74) is 2.43. The molecule has 1 aromatic carbocycles. The van der Waals surface area contributed by atoms with Crippen LogP contribution in [-0.2, 0) is 0 Å². The lowest BCUT2D eigenvalue weighted by Gasteiger charge is -1.98. The highest BCUT2D eigenvalue weighted by atomic mass is 32.2. The third-order valence-corrected chi connectivity index (χ3v) is 4.98. The van der Waals surface area contributed by atoms with E-state index in [4.69, 9.17) is 0 Å². The predicted molar refractivity (Wildman–Crippen MR) is 88.6 cm³/mol. The summed E-state index contributed by atoms with van der Waals surface area (Å²) in [6, 6.07) is 11.6. The lowest BCUT2D eigenvalue weighted by molar-refractivity contribution is 0.102. The molecule has 0 aliphatic rings. The molecule has 108 valence electrons. The van der Waals surface area contributed by atoms with Gasteiger partial charge in [-0.05, 0) is 17.5 Å². The molecule has 0 amide bonds. The zero-order chi connectivity index (χ0) is 14.9. The van der Waals surface area contributed by atoms with Crippen LogP contribution in [0, 0.1) is 0 Å². The number of aromatic amines is 1. The van der Waals surface area contributed by atoms with E-state index >= 15 is 0 Å². The van der Waals surface area contributed by atoms with Crippen molar-refractivity contribution in [2.45, 2.75) is 5.16 Å². The van der Waals surface area contributed by atoms with Gasteiger partial charge in [0.05, 0.1) is 10.6 Å². The molecule has 3 aromatic heterocycles. The monoisotopic (exact) mass is 326 g/mol. The Kier molecular flexibility index (Phi) is 3.36. The van der Waals surface area contributed by atoms with Crippen LogP contribution in [0.15, 0.2) is 46.9 Å². The first-order valence-corrected chi connectivity index (χ1v) is 8.48. The Morgan fingerprint density at radius 2 is 2.09 bits per heavy atom. The van der Waals surface area contributed by atoms with Crippen molar-refractivity contribution in [2.75, 3.05) is 5.75 Å². The molecule has 0 spiro atoms. The third-order valence-electron chi connectivity index (χ3n) is 3.23. The standard InChI is InChI=1S/C15H10N4OS2/c20-11(12-6-3-7-21-12)8-22-15-17-14-13(18-19-15)9-4-1-2-5-10(9)16-14/h1-7H,8H2,(H,16,17,19). The summed E-state index contributed by atoms with van der Waals surface area (Å²) < 4.78 is 0. The third kappa shape index (κ3) is 2.38. The number of H-pyrrole nitrogens is 1. The molecule has 4 rings (SSSR count). The quantitative estimate of drug-likeness (QED) is 0.459. The average Bonchev–Trinajstić information content (AvgIpc) is 3.19. The minimum absolute atomic E-state index is 0.0837. The summed E-state index contributed by atoms with van der Waals surface area (Å²) in [6.07, 6.45) is 0. The van der Waals surface area contributed by atoms with Crippen molar-refractivity contribution in [3.05, 3.63) is 46.7 Å². The Balaban J connectivity index is 1.60. The maximum absolute atomic E-state index is 12.0. The lowest BCUT2D eigenvalue weighted by atomic mass is 10.2. The van der Waals surface area contributed by atoms with E-state index in [0.717, 1.165) is 21.3 Å². The number of para-hydroxylation sites is 1. The number of thiophene rings is 1. The van der Waals surface area contributed by atoms with E-state index in [9.17, 15) is 4.79 Å². The van der Waals surface area contributed by atoms with Crippen molar-refractivity contribution in [2.24, 2.45) is 0 Å². The Labute approximate surface area is 133 Å². The van der Waals surface area contributed by atoms with E-state index in [1.165, 1.54) is 23.1 Å². The van der Waals surface area contributed by atoms with Gasteiger partial charge >= 0.3 is 0 Å². The molecule has 0 aliphatic heterocycles. The molecule has 22 heavy (non-hydrogen) atoms. The van der Waals surface area contributed by atoms with Crippen LogP contribution in [0.2, 0.25) is 0 Å². The van der Waals surface area contributed by atoms with Gasteiger partial charge in [0.2, 0.25) is 5.16 Å². The molecule has 0 atom stereocenters. The average molecular weight is 326 g/mol. The number of nitrogens with zero attached hydrogens (tertiary/aromatic N) is 3. The number of Topliss-reactive ketones (excluding diaryl/α,β-unsaturated/α-hetero) is 1. The largest absolute Gasteiger partial charge is 0.338 e. The van der Waals surface area contributed by atoms with Gasteiger partial charge in [-0.15, -0.1) is 21.5 Å². The van der Waals surface area contributed by atoms with E-state index in [1.807, 2.05) is 41.8 Å². The van der Waals surface area contributed by atoms with Crippen LogP contribution in [0.1, 0.15) is 9.67 Å². The number of ketones is 1. The van der Waals surface area contributed by atoms with Gasteiger partial charge < -0.3 is 4.98 Å². The topological polar surface area (TPSA) is 71.5 Å². The molecule has 0 unspecified atom stereocenters. The number of carbonyl (C=O) groups excluding carboxylic acids is 1. The number of fused-ring (bicyclic) bond motifs is 3.